The molecule has 208 valence electrons. The second-order valence-corrected chi connectivity index (χ2v) is 8.85. The second-order valence-electron chi connectivity index (χ2n) is 8.85. The van der Waals surface area contributed by atoms with E-state index in [0.717, 1.165) is 12.1 Å². The average Bonchev–Trinajstić information content (AvgIpc) is 2.91. The number of nitrogens with zero attached hydrogens (tertiary/aromatic N) is 4. The van der Waals surface area contributed by atoms with Crippen molar-refractivity contribution in [3.8, 4) is 22.6 Å². The lowest BCUT2D eigenvalue weighted by Gasteiger charge is -2.42. The number of pyridine rings is 2. The number of nitrogens with two attached hydrogens (primary N) is 1. The molecule has 1 aliphatic rings. The maximum absolute atomic E-state index is 13.5. The number of alkyl halides is 5. The Labute approximate surface area is 221 Å². The predicted octanol–water partition coefficient (Wildman–Crippen LogP) is 4.75. The van der Waals surface area contributed by atoms with Gasteiger partial charge < -0.3 is 25.0 Å². The van der Waals surface area contributed by atoms with Crippen LogP contribution in [-0.4, -0.2) is 67.1 Å². The lowest BCUT2D eigenvalue weighted by molar-refractivity contribution is -0.137. The third-order valence-corrected chi connectivity index (χ3v) is 6.45. The largest absolute Gasteiger partial charge is 0.496 e. The molecule has 2 aromatic heterocycles. The summed E-state index contributed by atoms with van der Waals surface area (Å²) in [5, 5.41) is 0. The summed E-state index contributed by atoms with van der Waals surface area (Å²) in [7, 11) is 2.81. The number of amides is 1. The maximum atomic E-state index is 13.5. The van der Waals surface area contributed by atoms with Crippen molar-refractivity contribution in [2.24, 2.45) is 0 Å². The topological polar surface area (TPSA) is 93.8 Å². The van der Waals surface area contributed by atoms with Crippen LogP contribution in [0, 0.1) is 0 Å². The summed E-state index contributed by atoms with van der Waals surface area (Å²) in [6.45, 7) is 0.529. The van der Waals surface area contributed by atoms with Crippen LogP contribution >= 0.6 is 0 Å². The summed E-state index contributed by atoms with van der Waals surface area (Å²) in [4.78, 5) is 24.9. The molecule has 0 bridgehead atoms. The summed E-state index contributed by atoms with van der Waals surface area (Å²) in [6.07, 6.45) is -4.89. The van der Waals surface area contributed by atoms with Crippen LogP contribution in [-0.2, 0) is 6.18 Å². The zero-order chi connectivity index (χ0) is 28.3. The molecule has 1 saturated heterocycles. The zero-order valence-electron chi connectivity index (χ0n) is 21.1. The zero-order valence-corrected chi connectivity index (χ0v) is 21.1. The molecule has 8 nitrogen and oxygen atoms in total. The number of hydrogen-bond donors (Lipinski definition) is 1. The molecule has 1 unspecified atom stereocenters. The standard InChI is InChI=1S/C26H26F5N5O3/c1-38-21-10-19(33-12-18(21)15-3-5-16(6-4-15)26(29,30)31)25(37)36-8-7-35(14-17(36)9-23(27)28)20-13-34-24(32)11-22(20)39-2/h3-6,10-13,17,23H,7-9,14H2,1-2H3,(H2,32,34). The Morgan fingerprint density at radius 1 is 1.05 bits per heavy atom. The molecule has 4 rings (SSSR count). The van der Waals surface area contributed by atoms with Gasteiger partial charge in [0, 0.05) is 49.9 Å². The molecule has 3 heterocycles. The normalized spacial score (nSPS) is 15.9. The first-order valence-corrected chi connectivity index (χ1v) is 11.9. The van der Waals surface area contributed by atoms with E-state index in [1.165, 1.54) is 55.8 Å². The highest BCUT2D eigenvalue weighted by atomic mass is 19.4. The van der Waals surface area contributed by atoms with E-state index >= 15 is 0 Å². The summed E-state index contributed by atoms with van der Waals surface area (Å²) < 4.78 is 76.6. The van der Waals surface area contributed by atoms with E-state index in [2.05, 4.69) is 9.97 Å². The van der Waals surface area contributed by atoms with Gasteiger partial charge in [0.15, 0.2) is 0 Å². The number of rotatable bonds is 7. The minimum atomic E-state index is -4.48. The SMILES string of the molecule is COc1cc(C(=O)N2CCN(c3cnc(N)cc3OC)CC2CC(F)F)ncc1-c1ccc(C(F)(F)F)cc1. The van der Waals surface area contributed by atoms with E-state index in [1.807, 2.05) is 4.90 Å². The van der Waals surface area contributed by atoms with Crippen LogP contribution in [0.25, 0.3) is 11.1 Å². The Balaban J connectivity index is 1.59. The fraction of sp³-hybridized carbons (Fsp3) is 0.346. The van der Waals surface area contributed by atoms with Crippen LogP contribution in [0.15, 0.2) is 48.8 Å². The van der Waals surface area contributed by atoms with Gasteiger partial charge in [-0.3, -0.25) is 9.78 Å². The van der Waals surface area contributed by atoms with Gasteiger partial charge in [0.1, 0.15) is 23.0 Å². The van der Waals surface area contributed by atoms with Crippen molar-refractivity contribution in [2.75, 3.05) is 44.5 Å². The van der Waals surface area contributed by atoms with Gasteiger partial charge >= 0.3 is 6.18 Å². The monoisotopic (exact) mass is 551 g/mol. The number of benzene rings is 1. The first-order chi connectivity index (χ1) is 18.5. The molecule has 0 spiro atoms. The van der Waals surface area contributed by atoms with E-state index in [0.29, 0.717) is 29.1 Å². The third-order valence-electron chi connectivity index (χ3n) is 6.45. The van der Waals surface area contributed by atoms with Crippen LogP contribution < -0.4 is 20.1 Å². The average molecular weight is 552 g/mol. The van der Waals surface area contributed by atoms with E-state index in [4.69, 9.17) is 15.2 Å². The molecule has 1 fully saturated rings. The minimum Gasteiger partial charge on any atom is -0.496 e. The molecule has 13 heteroatoms. The lowest BCUT2D eigenvalue weighted by atomic mass is 10.0. The molecule has 0 aliphatic carbocycles. The van der Waals surface area contributed by atoms with Crippen molar-refractivity contribution in [1.82, 2.24) is 14.9 Å². The quantitative estimate of drug-likeness (QED) is 0.424. The van der Waals surface area contributed by atoms with Gasteiger partial charge in [-0.1, -0.05) is 12.1 Å². The second kappa shape index (κ2) is 11.3. The van der Waals surface area contributed by atoms with Gasteiger partial charge in [-0.25, -0.2) is 13.8 Å². The van der Waals surface area contributed by atoms with Crippen molar-refractivity contribution < 1.29 is 36.2 Å². The fourth-order valence-corrected chi connectivity index (χ4v) is 4.52. The highest BCUT2D eigenvalue weighted by molar-refractivity contribution is 5.94. The van der Waals surface area contributed by atoms with Gasteiger partial charge in [-0.15, -0.1) is 0 Å². The fourth-order valence-electron chi connectivity index (χ4n) is 4.52. The summed E-state index contributed by atoms with van der Waals surface area (Å²) >= 11 is 0. The van der Waals surface area contributed by atoms with Crippen LogP contribution in [0.5, 0.6) is 11.5 Å². The van der Waals surface area contributed by atoms with Crippen molar-refractivity contribution in [1.29, 1.82) is 0 Å². The highest BCUT2D eigenvalue weighted by Crippen LogP contribution is 2.35. The molecule has 1 aliphatic heterocycles. The maximum Gasteiger partial charge on any atom is 0.416 e. The van der Waals surface area contributed by atoms with Crippen molar-refractivity contribution in [3.05, 3.63) is 60.0 Å². The van der Waals surface area contributed by atoms with E-state index in [1.54, 1.807) is 0 Å². The number of aromatic nitrogens is 2. The Kier molecular flexibility index (Phi) is 8.07. The third kappa shape index (κ3) is 6.13. The van der Waals surface area contributed by atoms with Gasteiger partial charge in [0.2, 0.25) is 6.43 Å². The van der Waals surface area contributed by atoms with E-state index in [9.17, 15) is 26.7 Å². The van der Waals surface area contributed by atoms with Crippen LogP contribution in [0.1, 0.15) is 22.5 Å². The number of anilines is 2. The van der Waals surface area contributed by atoms with E-state index < -0.39 is 36.5 Å². The summed E-state index contributed by atoms with van der Waals surface area (Å²) in [6, 6.07) is 6.47. The molecule has 2 N–H and O–H groups in total. The molecule has 0 radical (unpaired) electrons. The number of carbonyl (C=O) groups excluding carboxylic acids is 1. The van der Waals surface area contributed by atoms with Crippen LogP contribution in [0.3, 0.4) is 0 Å². The molecule has 0 saturated carbocycles. The Morgan fingerprint density at radius 2 is 1.74 bits per heavy atom. The Morgan fingerprint density at radius 3 is 2.36 bits per heavy atom. The number of ether oxygens (including phenoxy) is 2. The first-order valence-electron chi connectivity index (χ1n) is 11.9. The van der Waals surface area contributed by atoms with Gasteiger partial charge in [0.25, 0.3) is 5.91 Å². The number of hydrogen-bond acceptors (Lipinski definition) is 7. The van der Waals surface area contributed by atoms with Crippen molar-refractivity contribution >= 4 is 17.4 Å². The smallest absolute Gasteiger partial charge is 0.416 e. The van der Waals surface area contributed by atoms with E-state index in [-0.39, 0.29) is 30.4 Å². The number of methoxy groups -OCH3 is 2. The Hall–Kier alpha value is -4.16. The lowest BCUT2D eigenvalue weighted by Crippen LogP contribution is -2.56. The molecule has 39 heavy (non-hydrogen) atoms. The predicted molar refractivity (Wildman–Crippen MR) is 134 cm³/mol. The van der Waals surface area contributed by atoms with Crippen molar-refractivity contribution in [3.63, 3.8) is 0 Å². The molecular formula is C26H26F5N5O3. The number of piperazine rings is 1. The first kappa shape index (κ1) is 27.9. The van der Waals surface area contributed by atoms with Crippen molar-refractivity contribution in [2.45, 2.75) is 25.1 Å². The number of halogens is 5. The molecule has 1 aromatic carbocycles. The van der Waals surface area contributed by atoms with Crippen LogP contribution in [0.2, 0.25) is 0 Å². The number of nitrogen functional groups attached to an aromatic ring is 1. The number of carbonyl (C=O) groups is 1. The highest BCUT2D eigenvalue weighted by Gasteiger charge is 2.35. The molecule has 1 amide bonds. The minimum absolute atomic E-state index is 0.0399. The summed E-state index contributed by atoms with van der Waals surface area (Å²) in [5.74, 6) is 0.312. The van der Waals surface area contributed by atoms with Crippen LogP contribution in [0.4, 0.5) is 33.5 Å². The van der Waals surface area contributed by atoms with Gasteiger partial charge in [-0.2, -0.15) is 13.2 Å². The Bertz CT molecular complexity index is 1320. The molecular weight excluding hydrogens is 525 g/mol. The van der Waals surface area contributed by atoms with Gasteiger partial charge in [0.05, 0.1) is 37.7 Å². The molecule has 3 aromatic rings. The molecule has 1 atom stereocenters. The summed E-state index contributed by atoms with van der Waals surface area (Å²) in [5.41, 5.74) is 6.23. The van der Waals surface area contributed by atoms with Gasteiger partial charge in [-0.05, 0) is 17.7 Å².